The minimum atomic E-state index is -0.0874. The second kappa shape index (κ2) is 10.9. The first-order valence-corrected chi connectivity index (χ1v) is 13.1. The Balaban J connectivity index is 1.51. The number of amides is 1. The summed E-state index contributed by atoms with van der Waals surface area (Å²) >= 11 is 1.49. The Morgan fingerprint density at radius 2 is 1.59 bits per heavy atom. The van der Waals surface area contributed by atoms with Crippen LogP contribution in [0, 0.1) is 13.8 Å². The molecule has 0 bridgehead atoms. The van der Waals surface area contributed by atoms with E-state index in [2.05, 4.69) is 29.6 Å². The van der Waals surface area contributed by atoms with Gasteiger partial charge in [0.25, 0.3) is 0 Å². The van der Waals surface area contributed by atoms with Crippen molar-refractivity contribution in [2.24, 2.45) is 0 Å². The van der Waals surface area contributed by atoms with Crippen molar-refractivity contribution in [3.05, 3.63) is 107 Å². The molecule has 37 heavy (non-hydrogen) atoms. The first kappa shape index (κ1) is 24.6. The molecule has 0 aliphatic carbocycles. The summed E-state index contributed by atoms with van der Waals surface area (Å²) in [4.78, 5) is 17.9. The minimum Gasteiger partial charge on any atom is -0.497 e. The fourth-order valence-corrected chi connectivity index (χ4v) is 5.35. The van der Waals surface area contributed by atoms with Crippen LogP contribution in [0.2, 0.25) is 0 Å². The molecule has 0 fully saturated rings. The van der Waals surface area contributed by atoms with Gasteiger partial charge in [-0.15, -0.1) is 0 Å². The van der Waals surface area contributed by atoms with E-state index >= 15 is 0 Å². The van der Waals surface area contributed by atoms with Gasteiger partial charge in [0.15, 0.2) is 5.65 Å². The van der Waals surface area contributed by atoms with Crippen LogP contribution in [-0.4, -0.2) is 33.4 Å². The SMILES string of the molecule is COc1ccc(NC(=O)CSc2c(Cc3ccccc3)c(C)nc3c(-c4ccccc4)c(C)nn23)cc1. The Morgan fingerprint density at radius 3 is 2.27 bits per heavy atom. The van der Waals surface area contributed by atoms with Crippen LogP contribution in [0.1, 0.15) is 22.5 Å². The van der Waals surface area contributed by atoms with Crippen molar-refractivity contribution >= 4 is 29.0 Å². The van der Waals surface area contributed by atoms with Gasteiger partial charge in [-0.25, -0.2) is 9.50 Å². The Morgan fingerprint density at radius 1 is 0.919 bits per heavy atom. The monoisotopic (exact) mass is 508 g/mol. The molecule has 1 amide bonds. The van der Waals surface area contributed by atoms with Crippen molar-refractivity contribution in [3.63, 3.8) is 0 Å². The van der Waals surface area contributed by atoms with Gasteiger partial charge in [-0.1, -0.05) is 72.4 Å². The summed E-state index contributed by atoms with van der Waals surface area (Å²) in [5.74, 6) is 0.901. The third-order valence-electron chi connectivity index (χ3n) is 6.20. The molecule has 186 valence electrons. The Kier molecular flexibility index (Phi) is 7.23. The molecule has 2 heterocycles. The summed E-state index contributed by atoms with van der Waals surface area (Å²) in [5, 5.41) is 8.81. The quantitative estimate of drug-likeness (QED) is 0.196. The van der Waals surface area contributed by atoms with Crippen molar-refractivity contribution < 1.29 is 9.53 Å². The van der Waals surface area contributed by atoms with Crippen molar-refractivity contribution in [1.82, 2.24) is 14.6 Å². The van der Waals surface area contributed by atoms with Crippen LogP contribution in [-0.2, 0) is 11.2 Å². The van der Waals surface area contributed by atoms with E-state index in [1.807, 2.05) is 79.0 Å². The molecule has 0 unspecified atom stereocenters. The highest BCUT2D eigenvalue weighted by Crippen LogP contribution is 2.34. The lowest BCUT2D eigenvalue weighted by Crippen LogP contribution is -2.15. The van der Waals surface area contributed by atoms with Gasteiger partial charge in [0, 0.05) is 28.9 Å². The second-order valence-corrected chi connectivity index (χ2v) is 9.73. The zero-order valence-electron chi connectivity index (χ0n) is 21.1. The molecule has 0 aliphatic rings. The zero-order valence-corrected chi connectivity index (χ0v) is 21.9. The number of anilines is 1. The Hall–Kier alpha value is -4.10. The summed E-state index contributed by atoms with van der Waals surface area (Å²) in [6, 6.07) is 27.8. The van der Waals surface area contributed by atoms with Crippen LogP contribution >= 0.6 is 11.8 Å². The lowest BCUT2D eigenvalue weighted by atomic mass is 10.0. The second-order valence-electron chi connectivity index (χ2n) is 8.77. The lowest BCUT2D eigenvalue weighted by molar-refractivity contribution is -0.113. The smallest absolute Gasteiger partial charge is 0.234 e. The number of fused-ring (bicyclic) bond motifs is 1. The fraction of sp³-hybridized carbons (Fsp3) is 0.167. The summed E-state index contributed by atoms with van der Waals surface area (Å²) < 4.78 is 7.12. The van der Waals surface area contributed by atoms with Gasteiger partial charge >= 0.3 is 0 Å². The van der Waals surface area contributed by atoms with Crippen LogP contribution in [0.3, 0.4) is 0 Å². The van der Waals surface area contributed by atoms with Gasteiger partial charge in [0.1, 0.15) is 10.8 Å². The number of carbonyl (C=O) groups is 1. The predicted octanol–water partition coefficient (Wildman–Crippen LogP) is 6.34. The van der Waals surface area contributed by atoms with Crippen molar-refractivity contribution in [3.8, 4) is 16.9 Å². The number of hydrogen-bond acceptors (Lipinski definition) is 5. The molecular formula is C30H28N4O2S. The van der Waals surface area contributed by atoms with E-state index in [4.69, 9.17) is 14.8 Å². The van der Waals surface area contributed by atoms with E-state index in [1.165, 1.54) is 17.3 Å². The first-order chi connectivity index (χ1) is 18.0. The molecule has 5 aromatic rings. The van der Waals surface area contributed by atoms with Crippen molar-refractivity contribution in [2.75, 3.05) is 18.2 Å². The number of thioether (sulfide) groups is 1. The lowest BCUT2D eigenvalue weighted by Gasteiger charge is -2.15. The number of methoxy groups -OCH3 is 1. The summed E-state index contributed by atoms with van der Waals surface area (Å²) in [6.45, 7) is 4.05. The number of ether oxygens (including phenoxy) is 1. The fourth-order valence-electron chi connectivity index (χ4n) is 4.37. The number of hydrogen-bond donors (Lipinski definition) is 1. The van der Waals surface area contributed by atoms with Gasteiger partial charge in [0.05, 0.1) is 18.6 Å². The van der Waals surface area contributed by atoms with E-state index in [9.17, 15) is 4.79 Å². The minimum absolute atomic E-state index is 0.0874. The van der Waals surface area contributed by atoms with Gasteiger partial charge in [-0.05, 0) is 49.2 Å². The highest BCUT2D eigenvalue weighted by molar-refractivity contribution is 8.00. The van der Waals surface area contributed by atoms with Crippen LogP contribution < -0.4 is 10.1 Å². The van der Waals surface area contributed by atoms with Gasteiger partial charge in [-0.3, -0.25) is 4.79 Å². The third-order valence-corrected chi connectivity index (χ3v) is 7.30. The molecule has 6 nitrogen and oxygen atoms in total. The Bertz CT molecular complexity index is 1530. The largest absolute Gasteiger partial charge is 0.497 e. The molecule has 7 heteroatoms. The van der Waals surface area contributed by atoms with Crippen molar-refractivity contribution in [1.29, 1.82) is 0 Å². The molecule has 0 atom stereocenters. The highest BCUT2D eigenvalue weighted by Gasteiger charge is 2.21. The number of aryl methyl sites for hydroxylation is 2. The summed E-state index contributed by atoms with van der Waals surface area (Å²) in [7, 11) is 1.62. The van der Waals surface area contributed by atoms with Crippen LogP contribution in [0.25, 0.3) is 16.8 Å². The third kappa shape index (κ3) is 5.37. The molecule has 3 aromatic carbocycles. The van der Waals surface area contributed by atoms with E-state index < -0.39 is 0 Å². The normalized spacial score (nSPS) is 11.0. The highest BCUT2D eigenvalue weighted by atomic mass is 32.2. The number of aromatic nitrogens is 3. The Labute approximate surface area is 220 Å². The molecule has 0 spiro atoms. The van der Waals surface area contributed by atoms with Gasteiger partial charge in [-0.2, -0.15) is 5.10 Å². The summed E-state index contributed by atoms with van der Waals surface area (Å²) in [5.41, 5.74) is 7.72. The van der Waals surface area contributed by atoms with Gasteiger partial charge < -0.3 is 10.1 Å². The molecule has 0 saturated heterocycles. The number of benzene rings is 3. The summed E-state index contributed by atoms with van der Waals surface area (Å²) in [6.07, 6.45) is 0.706. The molecule has 5 rings (SSSR count). The van der Waals surface area contributed by atoms with E-state index in [0.29, 0.717) is 6.42 Å². The maximum atomic E-state index is 12.9. The molecule has 1 N–H and O–H groups in total. The zero-order chi connectivity index (χ0) is 25.8. The van der Waals surface area contributed by atoms with Crippen LogP contribution in [0.5, 0.6) is 5.75 Å². The first-order valence-electron chi connectivity index (χ1n) is 12.1. The van der Waals surface area contributed by atoms with E-state index in [-0.39, 0.29) is 11.7 Å². The molecule has 0 saturated carbocycles. The molecule has 0 radical (unpaired) electrons. The van der Waals surface area contributed by atoms with Crippen molar-refractivity contribution in [2.45, 2.75) is 25.3 Å². The van der Waals surface area contributed by atoms with Crippen LogP contribution in [0.15, 0.2) is 90.0 Å². The maximum Gasteiger partial charge on any atom is 0.234 e. The number of rotatable bonds is 8. The van der Waals surface area contributed by atoms with E-state index in [0.717, 1.165) is 50.2 Å². The van der Waals surface area contributed by atoms with E-state index in [1.54, 1.807) is 7.11 Å². The topological polar surface area (TPSA) is 68.5 Å². The average molecular weight is 509 g/mol. The average Bonchev–Trinajstić information content (AvgIpc) is 3.25. The van der Waals surface area contributed by atoms with Gasteiger partial charge in [0.2, 0.25) is 5.91 Å². The van der Waals surface area contributed by atoms with Crippen LogP contribution in [0.4, 0.5) is 5.69 Å². The maximum absolute atomic E-state index is 12.9. The predicted molar refractivity (Wildman–Crippen MR) is 149 cm³/mol. The number of nitrogens with one attached hydrogen (secondary N) is 1. The number of carbonyl (C=O) groups excluding carboxylic acids is 1. The molecule has 0 aliphatic heterocycles. The standard InChI is InChI=1S/C30H28N4O2S/c1-20-26(18-22-10-6-4-7-11-22)30(37-19-27(35)32-24-14-16-25(36-3)17-15-24)34-29(31-20)28(21(2)33-34)23-12-8-5-9-13-23/h4-17H,18-19H2,1-3H3,(H,32,35). The molecule has 2 aromatic heterocycles. The molecular weight excluding hydrogens is 480 g/mol. The number of nitrogens with zero attached hydrogens (tertiary/aromatic N) is 3.